The van der Waals surface area contributed by atoms with Gasteiger partial charge in [-0.3, -0.25) is 0 Å². The van der Waals surface area contributed by atoms with Gasteiger partial charge in [0.1, 0.15) is 17.5 Å². The Morgan fingerprint density at radius 2 is 2.15 bits per heavy atom. The molecule has 2 N–H and O–H groups in total. The molecule has 1 heterocycles. The van der Waals surface area contributed by atoms with Gasteiger partial charge in [0.05, 0.1) is 16.8 Å². The molecule has 1 aromatic heterocycles. The summed E-state index contributed by atoms with van der Waals surface area (Å²) < 4.78 is 21.2. The number of rotatable bonds is 5. The summed E-state index contributed by atoms with van der Waals surface area (Å²) in [5.74, 6) is 1.29. The molecule has 0 spiro atoms. The topological polar surface area (TPSA) is 66.0 Å². The van der Waals surface area contributed by atoms with Crippen LogP contribution in [0.1, 0.15) is 50.2 Å². The molecule has 0 bridgehead atoms. The maximum atomic E-state index is 13.5. The number of nitrogens with zero attached hydrogens (tertiary/aromatic N) is 3. The molecule has 1 saturated carbocycles. The van der Waals surface area contributed by atoms with E-state index < -0.39 is 5.82 Å². The van der Waals surface area contributed by atoms with E-state index in [-0.39, 0.29) is 35.5 Å². The number of ether oxygens (including phenoxy) is 1. The Hall–Kier alpha value is -1.21. The molecular weight excluding hydrogens is 378 g/mol. The van der Waals surface area contributed by atoms with Gasteiger partial charge in [-0.2, -0.15) is 5.10 Å². The Labute approximate surface area is 164 Å². The van der Waals surface area contributed by atoms with Crippen molar-refractivity contribution in [1.29, 1.82) is 0 Å². The van der Waals surface area contributed by atoms with Crippen LogP contribution in [0, 0.1) is 12.7 Å². The number of hydrogen-bond donors (Lipinski definition) is 1. The molecule has 1 aliphatic carbocycles. The standard InChI is InChI=1S/C18H24ClFN4O.ClH/c1-3-8-25-17-9-12(4-7-16(17)21)18-22-11(2)23-24(18)13-5-6-15(20)14(19)10-13;/h5-6,10,12,16-17H,3-4,7-9,21H2,1-2H3;1H/t12-,16+,17+;/m0./s1. The molecule has 2 aromatic rings. The van der Waals surface area contributed by atoms with Crippen LogP contribution < -0.4 is 5.73 Å². The zero-order chi connectivity index (χ0) is 18.0. The summed E-state index contributed by atoms with van der Waals surface area (Å²) in [6, 6.07) is 4.65. The van der Waals surface area contributed by atoms with Crippen molar-refractivity contribution < 1.29 is 9.13 Å². The van der Waals surface area contributed by atoms with Crippen molar-refractivity contribution in [2.75, 3.05) is 6.61 Å². The molecule has 3 atom stereocenters. The van der Waals surface area contributed by atoms with E-state index in [1.54, 1.807) is 16.8 Å². The van der Waals surface area contributed by atoms with Gasteiger partial charge in [0.15, 0.2) is 0 Å². The normalized spacial score (nSPS) is 22.9. The zero-order valence-corrected chi connectivity index (χ0v) is 16.6. The summed E-state index contributed by atoms with van der Waals surface area (Å²) in [4.78, 5) is 4.62. The Bertz CT molecular complexity index is 740. The van der Waals surface area contributed by atoms with Gasteiger partial charge in [-0.15, -0.1) is 12.4 Å². The summed E-state index contributed by atoms with van der Waals surface area (Å²) in [5, 5.41) is 4.56. The van der Waals surface area contributed by atoms with Crippen LogP contribution >= 0.6 is 24.0 Å². The highest BCUT2D eigenvalue weighted by Gasteiger charge is 2.32. The third-order valence-electron chi connectivity index (χ3n) is 4.63. The SMILES string of the molecule is CCCO[C@@H]1C[C@@H](c2nc(C)nn2-c2ccc(F)c(Cl)c2)CC[C@H]1N.Cl. The summed E-state index contributed by atoms with van der Waals surface area (Å²) in [6.45, 7) is 4.65. The molecule has 0 radical (unpaired) electrons. The molecule has 3 rings (SSSR count). The highest BCUT2D eigenvalue weighted by molar-refractivity contribution is 6.30. The van der Waals surface area contributed by atoms with Gasteiger partial charge in [-0.25, -0.2) is 14.1 Å². The first-order valence-corrected chi connectivity index (χ1v) is 9.13. The van der Waals surface area contributed by atoms with Gasteiger partial charge >= 0.3 is 0 Å². The van der Waals surface area contributed by atoms with Gasteiger partial charge in [-0.05, 0) is 50.8 Å². The van der Waals surface area contributed by atoms with Crippen molar-refractivity contribution >= 4 is 24.0 Å². The third kappa shape index (κ3) is 4.55. The van der Waals surface area contributed by atoms with E-state index in [9.17, 15) is 4.39 Å². The van der Waals surface area contributed by atoms with Gasteiger partial charge in [0.2, 0.25) is 0 Å². The maximum Gasteiger partial charge on any atom is 0.148 e. The van der Waals surface area contributed by atoms with Crippen molar-refractivity contribution in [2.45, 2.75) is 57.6 Å². The molecule has 26 heavy (non-hydrogen) atoms. The first-order valence-electron chi connectivity index (χ1n) is 8.75. The van der Waals surface area contributed by atoms with Gasteiger partial charge in [0, 0.05) is 18.6 Å². The second-order valence-electron chi connectivity index (χ2n) is 6.61. The van der Waals surface area contributed by atoms with E-state index in [1.807, 2.05) is 6.92 Å². The van der Waals surface area contributed by atoms with Crippen molar-refractivity contribution in [3.63, 3.8) is 0 Å². The van der Waals surface area contributed by atoms with E-state index in [0.29, 0.717) is 18.1 Å². The molecule has 144 valence electrons. The molecule has 1 fully saturated rings. The molecule has 0 saturated heterocycles. The van der Waals surface area contributed by atoms with E-state index in [4.69, 9.17) is 22.1 Å². The fourth-order valence-electron chi connectivity index (χ4n) is 3.35. The lowest BCUT2D eigenvalue weighted by molar-refractivity contribution is 0.00883. The predicted molar refractivity (Wildman–Crippen MR) is 103 cm³/mol. The van der Waals surface area contributed by atoms with Crippen LogP contribution in [0.4, 0.5) is 4.39 Å². The molecule has 0 unspecified atom stereocenters. The van der Waals surface area contributed by atoms with E-state index in [0.717, 1.165) is 31.5 Å². The second-order valence-corrected chi connectivity index (χ2v) is 7.02. The van der Waals surface area contributed by atoms with Crippen molar-refractivity contribution in [3.8, 4) is 5.69 Å². The van der Waals surface area contributed by atoms with Gasteiger partial charge < -0.3 is 10.5 Å². The van der Waals surface area contributed by atoms with Crippen LogP contribution in [0.2, 0.25) is 5.02 Å². The van der Waals surface area contributed by atoms with Crippen LogP contribution in [-0.2, 0) is 4.74 Å². The summed E-state index contributed by atoms with van der Waals surface area (Å²) in [5.41, 5.74) is 6.94. The lowest BCUT2D eigenvalue weighted by Gasteiger charge is -2.33. The van der Waals surface area contributed by atoms with Crippen molar-refractivity contribution in [3.05, 3.63) is 40.7 Å². The average molecular weight is 403 g/mol. The summed E-state index contributed by atoms with van der Waals surface area (Å²) in [7, 11) is 0. The number of nitrogens with two attached hydrogens (primary N) is 1. The molecule has 1 aromatic carbocycles. The lowest BCUT2D eigenvalue weighted by atomic mass is 9.83. The third-order valence-corrected chi connectivity index (χ3v) is 4.92. The highest BCUT2D eigenvalue weighted by Crippen LogP contribution is 2.34. The fraction of sp³-hybridized carbons (Fsp3) is 0.556. The smallest absolute Gasteiger partial charge is 0.148 e. The first kappa shape index (κ1) is 21.1. The van der Waals surface area contributed by atoms with Crippen LogP contribution in [0.15, 0.2) is 18.2 Å². The molecule has 0 aliphatic heterocycles. The molecule has 1 aliphatic rings. The maximum absolute atomic E-state index is 13.5. The molecule has 5 nitrogen and oxygen atoms in total. The number of benzene rings is 1. The summed E-state index contributed by atoms with van der Waals surface area (Å²) in [6.07, 6.45) is 3.63. The van der Waals surface area contributed by atoms with Crippen LogP contribution in [0.3, 0.4) is 0 Å². The quantitative estimate of drug-likeness (QED) is 0.814. The van der Waals surface area contributed by atoms with E-state index in [1.165, 1.54) is 6.07 Å². The first-order chi connectivity index (χ1) is 12.0. The molecular formula is C18H25Cl2FN4O. The Kier molecular flexibility index (Phi) is 7.41. The fourth-order valence-corrected chi connectivity index (χ4v) is 3.53. The van der Waals surface area contributed by atoms with Crippen LogP contribution in [0.25, 0.3) is 5.69 Å². The predicted octanol–water partition coefficient (Wildman–Crippen LogP) is 4.18. The van der Waals surface area contributed by atoms with Gasteiger partial charge in [-0.1, -0.05) is 18.5 Å². The summed E-state index contributed by atoms with van der Waals surface area (Å²) >= 11 is 5.94. The number of halogens is 3. The minimum atomic E-state index is -0.444. The molecule has 8 heteroatoms. The zero-order valence-electron chi connectivity index (χ0n) is 15.0. The second kappa shape index (κ2) is 9.13. The van der Waals surface area contributed by atoms with Gasteiger partial charge in [0.25, 0.3) is 0 Å². The highest BCUT2D eigenvalue weighted by atomic mass is 35.5. The lowest BCUT2D eigenvalue weighted by Crippen LogP contribution is -2.42. The largest absolute Gasteiger partial charge is 0.377 e. The van der Waals surface area contributed by atoms with Crippen molar-refractivity contribution in [2.24, 2.45) is 5.73 Å². The van der Waals surface area contributed by atoms with E-state index >= 15 is 0 Å². The molecule has 0 amide bonds. The monoisotopic (exact) mass is 402 g/mol. The van der Waals surface area contributed by atoms with Crippen LogP contribution in [0.5, 0.6) is 0 Å². The number of aryl methyl sites for hydroxylation is 1. The van der Waals surface area contributed by atoms with Crippen LogP contribution in [-0.4, -0.2) is 33.5 Å². The Balaban J connectivity index is 0.00000243. The Morgan fingerprint density at radius 3 is 2.85 bits per heavy atom. The number of hydrogen-bond acceptors (Lipinski definition) is 4. The Morgan fingerprint density at radius 1 is 1.38 bits per heavy atom. The van der Waals surface area contributed by atoms with E-state index in [2.05, 4.69) is 17.0 Å². The number of aromatic nitrogens is 3. The minimum absolute atomic E-state index is 0. The van der Waals surface area contributed by atoms with Crippen molar-refractivity contribution in [1.82, 2.24) is 14.8 Å². The minimum Gasteiger partial charge on any atom is -0.377 e. The average Bonchev–Trinajstić information content (AvgIpc) is 2.98.